The Bertz CT molecular complexity index is 450. The van der Waals surface area contributed by atoms with Crippen molar-refractivity contribution in [2.45, 2.75) is 50.7 Å². The summed E-state index contributed by atoms with van der Waals surface area (Å²) in [6.45, 7) is 1.93. The van der Waals surface area contributed by atoms with E-state index in [1.807, 2.05) is 10.9 Å². The maximum atomic E-state index is 11.7. The average Bonchev–Trinajstić information content (AvgIpc) is 3.09. The number of hydrogen-bond acceptors (Lipinski definition) is 3. The van der Waals surface area contributed by atoms with E-state index < -0.39 is 0 Å². The maximum Gasteiger partial charge on any atom is 0.221 e. The van der Waals surface area contributed by atoms with Gasteiger partial charge in [0.1, 0.15) is 0 Å². The molecular formula is C14H22N4O. The van der Waals surface area contributed by atoms with Crippen molar-refractivity contribution in [1.29, 1.82) is 0 Å². The van der Waals surface area contributed by atoms with Gasteiger partial charge in [0.05, 0.1) is 18.2 Å². The molecule has 0 aromatic carbocycles. The highest BCUT2D eigenvalue weighted by Gasteiger charge is 2.32. The molecule has 3 rings (SSSR count). The Morgan fingerprint density at radius 3 is 3.00 bits per heavy atom. The quantitative estimate of drug-likeness (QED) is 0.894. The molecule has 1 atom stereocenters. The highest BCUT2D eigenvalue weighted by Crippen LogP contribution is 2.30. The fourth-order valence-corrected chi connectivity index (χ4v) is 3.43. The number of carbonyl (C=O) groups is 1. The first-order valence-electron chi connectivity index (χ1n) is 7.25. The van der Waals surface area contributed by atoms with Crippen molar-refractivity contribution >= 4 is 5.91 Å². The van der Waals surface area contributed by atoms with Gasteiger partial charge in [-0.2, -0.15) is 5.10 Å². The van der Waals surface area contributed by atoms with E-state index in [1.165, 1.54) is 31.4 Å². The Morgan fingerprint density at radius 2 is 2.26 bits per heavy atom. The van der Waals surface area contributed by atoms with Gasteiger partial charge in [0, 0.05) is 32.4 Å². The van der Waals surface area contributed by atoms with Gasteiger partial charge in [-0.1, -0.05) is 12.8 Å². The fourth-order valence-electron chi connectivity index (χ4n) is 3.43. The van der Waals surface area contributed by atoms with Crippen LogP contribution in [-0.4, -0.2) is 40.2 Å². The van der Waals surface area contributed by atoms with E-state index in [0.29, 0.717) is 12.5 Å². The molecule has 19 heavy (non-hydrogen) atoms. The van der Waals surface area contributed by atoms with Crippen LogP contribution in [-0.2, 0) is 11.3 Å². The zero-order valence-corrected chi connectivity index (χ0v) is 11.5. The Kier molecular flexibility index (Phi) is 3.55. The highest BCUT2D eigenvalue weighted by molar-refractivity contribution is 5.76. The lowest BCUT2D eigenvalue weighted by atomic mass is 10.1. The summed E-state index contributed by atoms with van der Waals surface area (Å²) in [4.78, 5) is 14.2. The van der Waals surface area contributed by atoms with Crippen molar-refractivity contribution in [3.8, 4) is 0 Å². The predicted molar refractivity (Wildman–Crippen MR) is 72.6 cm³/mol. The van der Waals surface area contributed by atoms with Crippen LogP contribution in [0.15, 0.2) is 12.3 Å². The third-order valence-electron chi connectivity index (χ3n) is 4.45. The van der Waals surface area contributed by atoms with Gasteiger partial charge in [-0.25, -0.2) is 0 Å². The molecule has 1 fully saturated rings. The molecule has 1 aliphatic carbocycles. The average molecular weight is 262 g/mol. The van der Waals surface area contributed by atoms with Gasteiger partial charge in [-0.3, -0.25) is 14.4 Å². The fraction of sp³-hybridized carbons (Fsp3) is 0.714. The van der Waals surface area contributed by atoms with Crippen molar-refractivity contribution in [1.82, 2.24) is 20.0 Å². The molecule has 1 aliphatic heterocycles. The summed E-state index contributed by atoms with van der Waals surface area (Å²) < 4.78 is 2.04. The largest absolute Gasteiger partial charge is 0.359 e. The summed E-state index contributed by atoms with van der Waals surface area (Å²) in [5, 5.41) is 7.12. The van der Waals surface area contributed by atoms with Crippen molar-refractivity contribution < 1.29 is 4.79 Å². The van der Waals surface area contributed by atoms with E-state index in [-0.39, 0.29) is 11.9 Å². The Labute approximate surface area is 114 Å². The number of aromatic nitrogens is 2. The number of fused-ring (bicyclic) bond motifs is 1. The standard InChI is InChI=1S/C14H22N4O/c1-15-14(19)8-13-10-17(11-4-2-3-5-11)9-12-6-7-16-18(12)13/h6-7,11,13H,2-5,8-10H2,1H3,(H,15,19)/t13-/m0/s1. The van der Waals surface area contributed by atoms with Crippen LogP contribution in [0, 0.1) is 0 Å². The molecule has 0 saturated heterocycles. The first-order valence-corrected chi connectivity index (χ1v) is 7.25. The molecule has 1 N–H and O–H groups in total. The van der Waals surface area contributed by atoms with Crippen LogP contribution >= 0.6 is 0 Å². The lowest BCUT2D eigenvalue weighted by molar-refractivity contribution is -0.121. The smallest absolute Gasteiger partial charge is 0.221 e. The Balaban J connectivity index is 1.77. The van der Waals surface area contributed by atoms with Gasteiger partial charge >= 0.3 is 0 Å². The molecule has 0 unspecified atom stereocenters. The second-order valence-corrected chi connectivity index (χ2v) is 5.67. The van der Waals surface area contributed by atoms with Crippen LogP contribution in [0.25, 0.3) is 0 Å². The number of carbonyl (C=O) groups excluding carboxylic acids is 1. The zero-order valence-electron chi connectivity index (χ0n) is 11.5. The molecule has 0 radical (unpaired) electrons. The molecule has 104 valence electrons. The molecule has 1 amide bonds. The van der Waals surface area contributed by atoms with Gasteiger partial charge in [-0.05, 0) is 18.9 Å². The van der Waals surface area contributed by atoms with Gasteiger partial charge < -0.3 is 5.32 Å². The van der Waals surface area contributed by atoms with Crippen LogP contribution < -0.4 is 5.32 Å². The van der Waals surface area contributed by atoms with Gasteiger partial charge in [0.25, 0.3) is 0 Å². The minimum Gasteiger partial charge on any atom is -0.359 e. The van der Waals surface area contributed by atoms with Crippen molar-refractivity contribution in [2.75, 3.05) is 13.6 Å². The van der Waals surface area contributed by atoms with E-state index >= 15 is 0 Å². The third kappa shape index (κ3) is 2.52. The second kappa shape index (κ2) is 5.33. The first kappa shape index (κ1) is 12.7. The van der Waals surface area contributed by atoms with Gasteiger partial charge in [0.2, 0.25) is 5.91 Å². The number of nitrogens with one attached hydrogen (secondary N) is 1. The van der Waals surface area contributed by atoms with Crippen molar-refractivity contribution in [3.63, 3.8) is 0 Å². The molecule has 5 heteroatoms. The van der Waals surface area contributed by atoms with Gasteiger partial charge in [0.15, 0.2) is 0 Å². The minimum atomic E-state index is 0.0970. The lowest BCUT2D eigenvalue weighted by Crippen LogP contribution is -2.43. The topological polar surface area (TPSA) is 50.2 Å². The van der Waals surface area contributed by atoms with Crippen LogP contribution in [0.4, 0.5) is 0 Å². The normalized spacial score (nSPS) is 24.4. The summed E-state index contributed by atoms with van der Waals surface area (Å²) in [6, 6.07) is 2.97. The maximum absolute atomic E-state index is 11.7. The van der Waals surface area contributed by atoms with E-state index in [0.717, 1.165) is 13.1 Å². The summed E-state index contributed by atoms with van der Waals surface area (Å²) >= 11 is 0. The molecule has 1 saturated carbocycles. The van der Waals surface area contributed by atoms with Crippen LogP contribution in [0.2, 0.25) is 0 Å². The van der Waals surface area contributed by atoms with Crippen molar-refractivity contribution in [2.24, 2.45) is 0 Å². The zero-order chi connectivity index (χ0) is 13.2. The lowest BCUT2D eigenvalue weighted by Gasteiger charge is -2.37. The molecule has 1 aromatic heterocycles. The monoisotopic (exact) mass is 262 g/mol. The second-order valence-electron chi connectivity index (χ2n) is 5.67. The molecular weight excluding hydrogens is 240 g/mol. The van der Waals surface area contributed by atoms with Crippen LogP contribution in [0.3, 0.4) is 0 Å². The highest BCUT2D eigenvalue weighted by atomic mass is 16.1. The van der Waals surface area contributed by atoms with E-state index in [1.54, 1.807) is 7.05 Å². The SMILES string of the molecule is CNC(=O)C[C@H]1CN(C2CCCC2)Cc2ccnn21. The number of hydrogen-bond donors (Lipinski definition) is 1. The molecule has 0 spiro atoms. The minimum absolute atomic E-state index is 0.0970. The molecule has 2 heterocycles. The van der Waals surface area contributed by atoms with Gasteiger partial charge in [-0.15, -0.1) is 0 Å². The van der Waals surface area contributed by atoms with E-state index in [9.17, 15) is 4.79 Å². The number of nitrogens with zero attached hydrogens (tertiary/aromatic N) is 3. The number of amides is 1. The molecule has 5 nitrogen and oxygen atoms in total. The molecule has 0 bridgehead atoms. The summed E-state index contributed by atoms with van der Waals surface area (Å²) in [7, 11) is 1.70. The first-order chi connectivity index (χ1) is 9.28. The Morgan fingerprint density at radius 1 is 1.47 bits per heavy atom. The van der Waals surface area contributed by atoms with Crippen LogP contribution in [0.1, 0.15) is 43.8 Å². The Hall–Kier alpha value is -1.36. The molecule has 1 aromatic rings. The summed E-state index contributed by atoms with van der Waals surface area (Å²) in [5.74, 6) is 0.0970. The predicted octanol–water partition coefficient (Wildman–Crippen LogP) is 1.32. The van der Waals surface area contributed by atoms with Crippen LogP contribution in [0.5, 0.6) is 0 Å². The third-order valence-corrected chi connectivity index (χ3v) is 4.45. The summed E-state index contributed by atoms with van der Waals surface area (Å²) in [5.41, 5.74) is 1.24. The van der Waals surface area contributed by atoms with E-state index in [2.05, 4.69) is 21.4 Å². The summed E-state index contributed by atoms with van der Waals surface area (Å²) in [6.07, 6.45) is 7.68. The number of rotatable bonds is 3. The molecule has 2 aliphatic rings. The van der Waals surface area contributed by atoms with Crippen molar-refractivity contribution in [3.05, 3.63) is 18.0 Å². The van der Waals surface area contributed by atoms with E-state index in [4.69, 9.17) is 0 Å².